The molecule has 0 aliphatic heterocycles. The number of benzene rings is 2. The molecule has 0 aliphatic rings. The Bertz CT molecular complexity index is 1030. The van der Waals surface area contributed by atoms with Gasteiger partial charge in [0, 0.05) is 17.2 Å². The average molecular weight is 447 g/mol. The fraction of sp³-hybridized carbons (Fsp3) is 0.318. The van der Waals surface area contributed by atoms with Gasteiger partial charge in [-0.05, 0) is 50.2 Å². The molecule has 0 radical (unpaired) electrons. The third-order valence-corrected chi connectivity index (χ3v) is 5.92. The van der Waals surface area contributed by atoms with E-state index >= 15 is 0 Å². The summed E-state index contributed by atoms with van der Waals surface area (Å²) in [6.07, 6.45) is -1.12. The second-order valence-corrected chi connectivity index (χ2v) is 9.03. The molecule has 2 aromatic rings. The molecule has 0 saturated carbocycles. The molecule has 1 unspecified atom stereocenters. The van der Waals surface area contributed by atoms with Crippen LogP contribution in [-0.2, 0) is 24.3 Å². The molecule has 2 atom stereocenters. The van der Waals surface area contributed by atoms with Gasteiger partial charge in [0.15, 0.2) is 6.10 Å². The van der Waals surface area contributed by atoms with Crippen molar-refractivity contribution in [3.05, 3.63) is 60.2 Å². The minimum absolute atomic E-state index is 0.0171. The van der Waals surface area contributed by atoms with Gasteiger partial charge in [-0.25, -0.2) is 8.42 Å². The molecule has 2 N–H and O–H groups in total. The Morgan fingerprint density at radius 3 is 2.00 bits per heavy atom. The quantitative estimate of drug-likeness (QED) is 0.452. The number of esters is 1. The lowest BCUT2D eigenvalue weighted by Crippen LogP contribution is -2.41. The number of sulfonamides is 1. The number of amides is 1. The van der Waals surface area contributed by atoms with E-state index in [4.69, 9.17) is 4.74 Å². The molecule has 0 spiro atoms. The van der Waals surface area contributed by atoms with Crippen LogP contribution in [0.2, 0.25) is 0 Å². The fourth-order valence-corrected chi connectivity index (χ4v) is 3.73. The molecule has 0 aliphatic carbocycles. The predicted octanol–water partition coefficient (Wildman–Crippen LogP) is 2.76. The van der Waals surface area contributed by atoms with Crippen LogP contribution in [0.3, 0.4) is 0 Å². The van der Waals surface area contributed by atoms with Crippen molar-refractivity contribution in [2.45, 2.75) is 44.7 Å². The Morgan fingerprint density at radius 1 is 0.871 bits per heavy atom. The van der Waals surface area contributed by atoms with Gasteiger partial charge < -0.3 is 10.1 Å². The molecule has 166 valence electrons. The molecule has 0 aromatic heterocycles. The first-order valence-electron chi connectivity index (χ1n) is 9.74. The number of Topliss-reactive ketones (excluding diaryl/α,β-unsaturated/α-hetero) is 1. The van der Waals surface area contributed by atoms with E-state index in [-0.39, 0.29) is 16.7 Å². The molecule has 31 heavy (non-hydrogen) atoms. The lowest BCUT2D eigenvalue weighted by Gasteiger charge is -2.17. The molecule has 8 nitrogen and oxygen atoms in total. The van der Waals surface area contributed by atoms with Crippen molar-refractivity contribution in [1.29, 1.82) is 0 Å². The van der Waals surface area contributed by atoms with Gasteiger partial charge in [0.1, 0.15) is 6.04 Å². The Hall–Kier alpha value is -3.04. The van der Waals surface area contributed by atoms with Gasteiger partial charge in [-0.15, -0.1) is 0 Å². The van der Waals surface area contributed by atoms with Crippen LogP contribution in [-0.4, -0.2) is 38.2 Å². The summed E-state index contributed by atoms with van der Waals surface area (Å²) in [7, 11) is -3.90. The van der Waals surface area contributed by atoms with E-state index in [1.54, 1.807) is 44.2 Å². The molecule has 2 aromatic carbocycles. The summed E-state index contributed by atoms with van der Waals surface area (Å²) in [5.74, 6) is -1.65. The first kappa shape index (κ1) is 24.2. The van der Waals surface area contributed by atoms with Gasteiger partial charge in [-0.2, -0.15) is 4.72 Å². The van der Waals surface area contributed by atoms with Gasteiger partial charge >= 0.3 is 5.97 Å². The third kappa shape index (κ3) is 6.73. The number of hydrogen-bond donors (Lipinski definition) is 2. The predicted molar refractivity (Wildman–Crippen MR) is 116 cm³/mol. The standard InChI is InChI=1S/C22H26N2O6S/c1-14(2)21(26)23-18-12-10-17(11-13-18)20(25)16(4)30-22(27)15(3)24-31(28,29)19-8-6-5-7-9-19/h5-16,24H,1-4H3,(H,23,26)/t15-,16?/m0/s1. The highest BCUT2D eigenvalue weighted by Gasteiger charge is 2.26. The Kier molecular flexibility index (Phi) is 8.07. The van der Waals surface area contributed by atoms with Crippen molar-refractivity contribution in [1.82, 2.24) is 4.72 Å². The van der Waals surface area contributed by atoms with E-state index < -0.39 is 33.9 Å². The van der Waals surface area contributed by atoms with Gasteiger partial charge in [0.2, 0.25) is 21.7 Å². The van der Waals surface area contributed by atoms with Gasteiger partial charge in [-0.3, -0.25) is 14.4 Å². The number of carbonyl (C=O) groups is 3. The summed E-state index contributed by atoms with van der Waals surface area (Å²) in [5.41, 5.74) is 0.837. The number of ether oxygens (including phenoxy) is 1. The fourth-order valence-electron chi connectivity index (χ4n) is 2.52. The maximum absolute atomic E-state index is 12.5. The first-order chi connectivity index (χ1) is 14.5. The minimum Gasteiger partial charge on any atom is -0.453 e. The van der Waals surface area contributed by atoms with Gasteiger partial charge in [-0.1, -0.05) is 32.0 Å². The lowest BCUT2D eigenvalue weighted by atomic mass is 10.1. The molecule has 2 rings (SSSR count). The molecule has 0 heterocycles. The molecule has 9 heteroatoms. The second kappa shape index (κ2) is 10.3. The number of anilines is 1. The van der Waals surface area contributed by atoms with E-state index in [9.17, 15) is 22.8 Å². The number of hydrogen-bond acceptors (Lipinski definition) is 6. The number of nitrogens with one attached hydrogen (secondary N) is 2. The van der Waals surface area contributed by atoms with Crippen molar-refractivity contribution >= 4 is 33.4 Å². The highest BCUT2D eigenvalue weighted by molar-refractivity contribution is 7.89. The maximum Gasteiger partial charge on any atom is 0.324 e. The van der Waals surface area contributed by atoms with Crippen LogP contribution >= 0.6 is 0 Å². The van der Waals surface area contributed by atoms with Gasteiger partial charge in [0.25, 0.3) is 0 Å². The van der Waals surface area contributed by atoms with Crippen molar-refractivity contribution in [2.75, 3.05) is 5.32 Å². The van der Waals surface area contributed by atoms with Gasteiger partial charge in [0.05, 0.1) is 4.90 Å². The second-order valence-electron chi connectivity index (χ2n) is 7.32. The summed E-state index contributed by atoms with van der Waals surface area (Å²) < 4.78 is 32.0. The minimum atomic E-state index is -3.90. The van der Waals surface area contributed by atoms with Crippen molar-refractivity contribution in [3.63, 3.8) is 0 Å². The molecular formula is C22H26N2O6S. The van der Waals surface area contributed by atoms with Crippen LogP contribution in [0, 0.1) is 5.92 Å². The van der Waals surface area contributed by atoms with E-state index in [0.29, 0.717) is 11.3 Å². The summed E-state index contributed by atoms with van der Waals surface area (Å²) in [6, 6.07) is 12.6. The molecule has 0 fully saturated rings. The average Bonchev–Trinajstić information content (AvgIpc) is 2.73. The third-order valence-electron chi connectivity index (χ3n) is 4.36. The van der Waals surface area contributed by atoms with Crippen LogP contribution in [0.1, 0.15) is 38.1 Å². The molecule has 1 amide bonds. The summed E-state index contributed by atoms with van der Waals surface area (Å²) in [4.78, 5) is 36.6. The highest BCUT2D eigenvalue weighted by Crippen LogP contribution is 2.14. The molecule has 0 bridgehead atoms. The van der Waals surface area contributed by atoms with Crippen molar-refractivity contribution < 1.29 is 27.5 Å². The number of ketones is 1. The van der Waals surface area contributed by atoms with Crippen LogP contribution in [0.15, 0.2) is 59.5 Å². The maximum atomic E-state index is 12.5. The summed E-state index contributed by atoms with van der Waals surface area (Å²) in [6.45, 7) is 6.29. The smallest absolute Gasteiger partial charge is 0.324 e. The van der Waals surface area contributed by atoms with Crippen LogP contribution in [0.4, 0.5) is 5.69 Å². The number of carbonyl (C=O) groups excluding carboxylic acids is 3. The zero-order chi connectivity index (χ0) is 23.2. The Labute approximate surface area is 182 Å². The Morgan fingerprint density at radius 2 is 1.45 bits per heavy atom. The monoisotopic (exact) mass is 446 g/mol. The molecule has 0 saturated heterocycles. The summed E-state index contributed by atoms with van der Waals surface area (Å²) in [5, 5.41) is 2.72. The number of rotatable bonds is 9. The SMILES string of the molecule is CC(C)C(=O)Nc1ccc(C(=O)C(C)OC(=O)[C@H](C)NS(=O)(=O)c2ccccc2)cc1. The van der Waals surface area contributed by atoms with Crippen molar-refractivity contribution in [3.8, 4) is 0 Å². The van der Waals surface area contributed by atoms with Crippen molar-refractivity contribution in [2.24, 2.45) is 5.92 Å². The van der Waals surface area contributed by atoms with E-state index in [0.717, 1.165) is 0 Å². The van der Waals surface area contributed by atoms with E-state index in [1.165, 1.54) is 38.1 Å². The summed E-state index contributed by atoms with van der Waals surface area (Å²) >= 11 is 0. The normalized spacial score (nSPS) is 13.3. The van der Waals surface area contributed by atoms with Crippen LogP contribution < -0.4 is 10.0 Å². The largest absolute Gasteiger partial charge is 0.453 e. The first-order valence-corrected chi connectivity index (χ1v) is 11.2. The topological polar surface area (TPSA) is 119 Å². The Balaban J connectivity index is 1.97. The highest BCUT2D eigenvalue weighted by atomic mass is 32.2. The van der Waals surface area contributed by atoms with Crippen LogP contribution in [0.5, 0.6) is 0 Å². The lowest BCUT2D eigenvalue weighted by molar-refractivity contribution is -0.147. The zero-order valence-electron chi connectivity index (χ0n) is 17.8. The molecular weight excluding hydrogens is 420 g/mol. The van der Waals surface area contributed by atoms with E-state index in [1.807, 2.05) is 0 Å². The van der Waals surface area contributed by atoms with Crippen LogP contribution in [0.25, 0.3) is 0 Å². The zero-order valence-corrected chi connectivity index (χ0v) is 18.6. The van der Waals surface area contributed by atoms with E-state index in [2.05, 4.69) is 10.0 Å².